The average molecular weight is 448 g/mol. The highest BCUT2D eigenvalue weighted by Gasteiger charge is 2.58. The zero-order valence-electron chi connectivity index (χ0n) is 19.3. The van der Waals surface area contributed by atoms with Gasteiger partial charge in [0.2, 0.25) is 5.91 Å². The second-order valence-corrected chi connectivity index (χ2v) is 11.4. The Bertz CT molecular complexity index is 986. The largest absolute Gasteiger partial charge is 0.350 e. The predicted octanol–water partition coefficient (Wildman–Crippen LogP) is 4.81. The van der Waals surface area contributed by atoms with Crippen molar-refractivity contribution in [1.29, 1.82) is 0 Å². The molecule has 33 heavy (non-hydrogen) atoms. The first kappa shape index (κ1) is 21.3. The Morgan fingerprint density at radius 1 is 1.03 bits per heavy atom. The molecule has 4 nitrogen and oxygen atoms in total. The molecule has 1 N–H and O–H groups in total. The lowest BCUT2D eigenvalue weighted by molar-refractivity contribution is -0.129. The molecule has 2 atom stereocenters. The van der Waals surface area contributed by atoms with Crippen LogP contribution < -0.4 is 5.32 Å². The van der Waals surface area contributed by atoms with Gasteiger partial charge in [0, 0.05) is 23.3 Å². The summed E-state index contributed by atoms with van der Waals surface area (Å²) in [6, 6.07) is 13.3. The number of benzene rings is 1. The van der Waals surface area contributed by atoms with Crippen LogP contribution in [0.4, 0.5) is 4.39 Å². The summed E-state index contributed by atoms with van der Waals surface area (Å²) in [5.41, 5.74) is 2.47. The Morgan fingerprint density at radius 2 is 1.76 bits per heavy atom. The number of hydrogen-bond donors (Lipinski definition) is 1. The van der Waals surface area contributed by atoms with Crippen LogP contribution in [0.15, 0.2) is 48.7 Å². The van der Waals surface area contributed by atoms with Crippen molar-refractivity contribution in [3.05, 3.63) is 65.7 Å². The van der Waals surface area contributed by atoms with Crippen LogP contribution in [0.3, 0.4) is 0 Å². The Morgan fingerprint density at radius 3 is 2.42 bits per heavy atom. The van der Waals surface area contributed by atoms with Crippen molar-refractivity contribution in [2.45, 2.75) is 68.2 Å². The Labute approximate surface area is 196 Å². The van der Waals surface area contributed by atoms with Crippen LogP contribution in [0.5, 0.6) is 0 Å². The van der Waals surface area contributed by atoms with Gasteiger partial charge in [0.15, 0.2) is 0 Å². The van der Waals surface area contributed by atoms with E-state index in [9.17, 15) is 9.18 Å². The van der Waals surface area contributed by atoms with Crippen molar-refractivity contribution in [3.63, 3.8) is 0 Å². The maximum atomic E-state index is 13.6. The van der Waals surface area contributed by atoms with Gasteiger partial charge in [-0.3, -0.25) is 14.7 Å². The summed E-state index contributed by atoms with van der Waals surface area (Å²) in [6.07, 6.45) is 10.9. The second-order valence-electron chi connectivity index (χ2n) is 11.4. The molecule has 1 aromatic carbocycles. The van der Waals surface area contributed by atoms with Gasteiger partial charge in [-0.05, 0) is 112 Å². The van der Waals surface area contributed by atoms with Crippen molar-refractivity contribution >= 4 is 5.91 Å². The lowest BCUT2D eigenvalue weighted by atomic mass is 9.45. The molecule has 2 unspecified atom stereocenters. The average Bonchev–Trinajstić information content (AvgIpc) is 2.79. The Kier molecular flexibility index (Phi) is 5.28. The van der Waals surface area contributed by atoms with Gasteiger partial charge in [0.25, 0.3) is 0 Å². The molecule has 0 spiro atoms. The highest BCUT2D eigenvalue weighted by molar-refractivity contribution is 5.79. The molecule has 4 aliphatic carbocycles. The zero-order chi connectivity index (χ0) is 22.5. The number of nitrogens with zero attached hydrogens (tertiary/aromatic N) is 2. The summed E-state index contributed by atoms with van der Waals surface area (Å²) >= 11 is 0. The number of nitrogens with one attached hydrogen (secondary N) is 1. The van der Waals surface area contributed by atoms with Crippen LogP contribution in [-0.4, -0.2) is 41.0 Å². The number of rotatable bonds is 5. The molecule has 7 rings (SSSR count). The van der Waals surface area contributed by atoms with E-state index in [1.54, 1.807) is 12.1 Å². The lowest BCUT2D eigenvalue weighted by Crippen LogP contribution is -2.65. The van der Waals surface area contributed by atoms with Crippen molar-refractivity contribution < 1.29 is 9.18 Å². The number of amides is 1. The van der Waals surface area contributed by atoms with Crippen LogP contribution in [0.1, 0.15) is 68.5 Å². The van der Waals surface area contributed by atoms with Gasteiger partial charge >= 0.3 is 0 Å². The molecular weight excluding hydrogens is 413 g/mol. The molecule has 5 fully saturated rings. The third-order valence-electron chi connectivity index (χ3n) is 8.98. The van der Waals surface area contributed by atoms with Crippen molar-refractivity contribution in [2.75, 3.05) is 19.6 Å². The van der Waals surface area contributed by atoms with E-state index in [1.165, 1.54) is 30.5 Å². The number of carbonyl (C=O) groups excluding carboxylic acids is 1. The smallest absolute Gasteiger partial charge is 0.234 e. The molecule has 4 saturated carbocycles. The molecule has 1 aromatic heterocycles. The monoisotopic (exact) mass is 447 g/mol. The van der Waals surface area contributed by atoms with Crippen LogP contribution in [0, 0.1) is 17.7 Å². The summed E-state index contributed by atoms with van der Waals surface area (Å²) in [7, 11) is 0. The summed E-state index contributed by atoms with van der Waals surface area (Å²) < 4.78 is 13.6. The van der Waals surface area contributed by atoms with E-state index in [2.05, 4.69) is 27.3 Å². The fourth-order valence-corrected chi connectivity index (χ4v) is 8.09. The van der Waals surface area contributed by atoms with E-state index >= 15 is 0 Å². The molecular formula is C28H34FN3O. The number of piperidine rings is 1. The van der Waals surface area contributed by atoms with Crippen LogP contribution in [-0.2, 0) is 10.2 Å². The van der Waals surface area contributed by atoms with E-state index in [4.69, 9.17) is 0 Å². The minimum absolute atomic E-state index is 0.0815. The fraction of sp³-hybridized carbons (Fsp3) is 0.571. The van der Waals surface area contributed by atoms with Gasteiger partial charge in [-0.15, -0.1) is 0 Å². The normalized spacial score (nSPS) is 33.8. The van der Waals surface area contributed by atoms with Crippen LogP contribution in [0.2, 0.25) is 0 Å². The Hall–Kier alpha value is -2.27. The number of pyridine rings is 1. The molecule has 174 valence electrons. The second kappa shape index (κ2) is 8.19. The summed E-state index contributed by atoms with van der Waals surface area (Å²) in [5.74, 6) is 1.86. The SMILES string of the molecule is O=C(CN1CCC(c2ccccn2)CC1)NC12CC3CC(C1)CC(c1ccc(F)cc1)(C3)C2. The van der Waals surface area contributed by atoms with Crippen molar-refractivity contribution in [1.82, 2.24) is 15.2 Å². The van der Waals surface area contributed by atoms with E-state index in [0.717, 1.165) is 45.2 Å². The number of halogens is 1. The van der Waals surface area contributed by atoms with E-state index in [1.807, 2.05) is 24.4 Å². The first-order valence-electron chi connectivity index (χ1n) is 12.7. The van der Waals surface area contributed by atoms with Gasteiger partial charge in [-0.2, -0.15) is 0 Å². The van der Waals surface area contributed by atoms with E-state index in [-0.39, 0.29) is 22.7 Å². The molecule has 1 aliphatic heterocycles. The lowest BCUT2D eigenvalue weighted by Gasteiger charge is -2.62. The zero-order valence-corrected chi connectivity index (χ0v) is 19.3. The number of likely N-dealkylation sites (tertiary alicyclic amines) is 1. The Balaban J connectivity index is 1.11. The van der Waals surface area contributed by atoms with E-state index in [0.29, 0.717) is 24.3 Å². The van der Waals surface area contributed by atoms with Crippen LogP contribution >= 0.6 is 0 Å². The highest BCUT2D eigenvalue weighted by Crippen LogP contribution is 2.62. The standard InChI is InChI=1S/C28H34FN3O/c29-24-6-4-23(5-7-24)27-14-20-13-21(15-27)17-28(16-20,19-27)31-26(33)18-32-11-8-22(9-12-32)25-3-1-2-10-30-25/h1-7,10,20-22H,8-9,11-19H2,(H,31,33). The predicted molar refractivity (Wildman–Crippen MR) is 126 cm³/mol. The highest BCUT2D eigenvalue weighted by atomic mass is 19.1. The molecule has 2 heterocycles. The van der Waals surface area contributed by atoms with E-state index < -0.39 is 0 Å². The van der Waals surface area contributed by atoms with Crippen molar-refractivity contribution in [2.24, 2.45) is 11.8 Å². The fourth-order valence-electron chi connectivity index (χ4n) is 8.09. The third kappa shape index (κ3) is 4.09. The van der Waals surface area contributed by atoms with Crippen molar-refractivity contribution in [3.8, 4) is 0 Å². The molecule has 1 saturated heterocycles. The van der Waals surface area contributed by atoms with Gasteiger partial charge in [-0.25, -0.2) is 4.39 Å². The third-order valence-corrected chi connectivity index (χ3v) is 8.98. The number of aromatic nitrogens is 1. The summed E-state index contributed by atoms with van der Waals surface area (Å²) in [6.45, 7) is 2.40. The van der Waals surface area contributed by atoms with Gasteiger partial charge in [-0.1, -0.05) is 18.2 Å². The summed E-state index contributed by atoms with van der Waals surface area (Å²) in [5, 5.41) is 3.55. The van der Waals surface area contributed by atoms with Crippen LogP contribution in [0.25, 0.3) is 0 Å². The van der Waals surface area contributed by atoms with Gasteiger partial charge in [0.1, 0.15) is 5.82 Å². The number of hydrogen-bond acceptors (Lipinski definition) is 3. The minimum Gasteiger partial charge on any atom is -0.350 e. The first-order valence-corrected chi connectivity index (χ1v) is 12.7. The summed E-state index contributed by atoms with van der Waals surface area (Å²) in [4.78, 5) is 20.1. The minimum atomic E-state index is -0.168. The first-order chi connectivity index (χ1) is 16.0. The van der Waals surface area contributed by atoms with Gasteiger partial charge in [0.05, 0.1) is 6.54 Å². The molecule has 0 radical (unpaired) electrons. The molecule has 2 aromatic rings. The van der Waals surface area contributed by atoms with Gasteiger partial charge < -0.3 is 5.32 Å². The topological polar surface area (TPSA) is 45.2 Å². The quantitative estimate of drug-likeness (QED) is 0.716. The molecule has 5 heteroatoms. The molecule has 5 aliphatic rings. The number of carbonyl (C=O) groups is 1. The molecule has 4 bridgehead atoms. The maximum absolute atomic E-state index is 13.6. The maximum Gasteiger partial charge on any atom is 0.234 e. The molecule has 1 amide bonds.